The van der Waals surface area contributed by atoms with E-state index in [-0.39, 0.29) is 5.82 Å². The second-order valence-electron chi connectivity index (χ2n) is 4.18. The molecule has 1 atom stereocenters. The normalized spacial score (nSPS) is 12.5. The number of benzene rings is 1. The molecule has 17 heavy (non-hydrogen) atoms. The summed E-state index contributed by atoms with van der Waals surface area (Å²) < 4.78 is 13.6. The molecular weight excluding hydrogens is 215 g/mol. The van der Waals surface area contributed by atoms with Crippen LogP contribution in [0, 0.1) is 19.7 Å². The van der Waals surface area contributed by atoms with Crippen molar-refractivity contribution in [3.05, 3.63) is 64.7 Å². The van der Waals surface area contributed by atoms with Crippen molar-refractivity contribution in [2.24, 2.45) is 5.73 Å². The van der Waals surface area contributed by atoms with E-state index in [2.05, 4.69) is 4.98 Å². The molecule has 2 N–H and O–H groups in total. The Kier molecular flexibility index (Phi) is 3.20. The lowest BCUT2D eigenvalue weighted by Gasteiger charge is -2.18. The predicted octanol–water partition coefficient (Wildman–Crippen LogP) is 2.89. The first-order valence-corrected chi connectivity index (χ1v) is 5.52. The quantitative estimate of drug-likeness (QED) is 0.861. The fourth-order valence-corrected chi connectivity index (χ4v) is 2.11. The van der Waals surface area contributed by atoms with Gasteiger partial charge in [0.15, 0.2) is 0 Å². The maximum atomic E-state index is 13.6. The van der Waals surface area contributed by atoms with Gasteiger partial charge in [-0.05, 0) is 36.6 Å². The van der Waals surface area contributed by atoms with Crippen LogP contribution in [0.4, 0.5) is 4.39 Å². The first-order chi connectivity index (χ1) is 8.11. The molecule has 1 unspecified atom stereocenters. The average Bonchev–Trinajstić information content (AvgIpc) is 2.29. The summed E-state index contributed by atoms with van der Waals surface area (Å²) in [7, 11) is 0. The van der Waals surface area contributed by atoms with Crippen molar-refractivity contribution in [3.63, 3.8) is 0 Å². The SMILES string of the molecule is Cc1cccc(C)c1C(N)c1ccncc1F. The molecule has 1 aromatic carbocycles. The zero-order valence-corrected chi connectivity index (χ0v) is 9.94. The molecule has 0 amide bonds. The Morgan fingerprint density at radius 3 is 2.41 bits per heavy atom. The third kappa shape index (κ3) is 2.19. The monoisotopic (exact) mass is 230 g/mol. The first kappa shape index (κ1) is 11.7. The molecule has 1 aromatic heterocycles. The van der Waals surface area contributed by atoms with Gasteiger partial charge in [0.25, 0.3) is 0 Å². The zero-order valence-electron chi connectivity index (χ0n) is 9.94. The number of nitrogens with two attached hydrogens (primary N) is 1. The van der Waals surface area contributed by atoms with E-state index in [1.54, 1.807) is 12.3 Å². The molecule has 88 valence electrons. The van der Waals surface area contributed by atoms with Crippen LogP contribution in [0.5, 0.6) is 0 Å². The van der Waals surface area contributed by atoms with E-state index in [9.17, 15) is 4.39 Å². The number of pyridine rings is 1. The maximum absolute atomic E-state index is 13.6. The minimum atomic E-state index is -0.445. The Labute approximate surface area is 100 Å². The second-order valence-corrected chi connectivity index (χ2v) is 4.18. The number of hydrogen-bond donors (Lipinski definition) is 1. The Balaban J connectivity index is 2.51. The van der Waals surface area contributed by atoms with E-state index >= 15 is 0 Å². The highest BCUT2D eigenvalue weighted by atomic mass is 19.1. The highest BCUT2D eigenvalue weighted by Crippen LogP contribution is 2.26. The lowest BCUT2D eigenvalue weighted by Crippen LogP contribution is -2.16. The van der Waals surface area contributed by atoms with E-state index in [0.29, 0.717) is 5.56 Å². The largest absolute Gasteiger partial charge is 0.320 e. The van der Waals surface area contributed by atoms with Crippen LogP contribution in [0.2, 0.25) is 0 Å². The summed E-state index contributed by atoms with van der Waals surface area (Å²) >= 11 is 0. The van der Waals surface area contributed by atoms with Gasteiger partial charge in [-0.15, -0.1) is 0 Å². The van der Waals surface area contributed by atoms with Crippen LogP contribution in [0.1, 0.15) is 28.3 Å². The summed E-state index contributed by atoms with van der Waals surface area (Å²) in [5.74, 6) is -0.359. The fourth-order valence-electron chi connectivity index (χ4n) is 2.11. The van der Waals surface area contributed by atoms with Gasteiger partial charge in [-0.2, -0.15) is 0 Å². The summed E-state index contributed by atoms with van der Waals surface area (Å²) in [5.41, 5.74) is 9.77. The van der Waals surface area contributed by atoms with E-state index < -0.39 is 6.04 Å². The van der Waals surface area contributed by atoms with Gasteiger partial charge in [0.1, 0.15) is 5.82 Å². The van der Waals surface area contributed by atoms with Crippen LogP contribution in [0.25, 0.3) is 0 Å². The topological polar surface area (TPSA) is 38.9 Å². The molecule has 0 saturated carbocycles. The van der Waals surface area contributed by atoms with Gasteiger partial charge in [0.2, 0.25) is 0 Å². The molecule has 0 saturated heterocycles. The maximum Gasteiger partial charge on any atom is 0.146 e. The smallest absolute Gasteiger partial charge is 0.146 e. The third-order valence-electron chi connectivity index (χ3n) is 2.99. The van der Waals surface area contributed by atoms with Gasteiger partial charge in [-0.3, -0.25) is 4.98 Å². The lowest BCUT2D eigenvalue weighted by molar-refractivity contribution is 0.592. The van der Waals surface area contributed by atoms with Crippen molar-refractivity contribution in [3.8, 4) is 0 Å². The summed E-state index contributed by atoms with van der Waals surface area (Å²) in [5, 5.41) is 0. The summed E-state index contributed by atoms with van der Waals surface area (Å²) in [4.78, 5) is 3.74. The number of rotatable bonds is 2. The predicted molar refractivity (Wildman–Crippen MR) is 66.1 cm³/mol. The number of hydrogen-bond acceptors (Lipinski definition) is 2. The molecule has 0 radical (unpaired) electrons. The number of aryl methyl sites for hydroxylation is 2. The Morgan fingerprint density at radius 2 is 1.82 bits per heavy atom. The molecule has 2 aromatic rings. The van der Waals surface area contributed by atoms with E-state index in [1.165, 1.54) is 6.20 Å². The van der Waals surface area contributed by atoms with Crippen LogP contribution >= 0.6 is 0 Å². The van der Waals surface area contributed by atoms with Crippen molar-refractivity contribution in [2.45, 2.75) is 19.9 Å². The van der Waals surface area contributed by atoms with E-state index in [4.69, 9.17) is 5.73 Å². The van der Waals surface area contributed by atoms with Gasteiger partial charge in [0, 0.05) is 11.8 Å². The van der Waals surface area contributed by atoms with Gasteiger partial charge in [-0.1, -0.05) is 18.2 Å². The van der Waals surface area contributed by atoms with Crippen LogP contribution < -0.4 is 5.73 Å². The fraction of sp³-hybridized carbons (Fsp3) is 0.214. The molecule has 2 rings (SSSR count). The van der Waals surface area contributed by atoms with Gasteiger partial charge >= 0.3 is 0 Å². The molecule has 0 fully saturated rings. The molecule has 2 nitrogen and oxygen atoms in total. The average molecular weight is 230 g/mol. The molecule has 0 aliphatic rings. The van der Waals surface area contributed by atoms with Gasteiger partial charge in [0.05, 0.1) is 12.2 Å². The molecule has 0 bridgehead atoms. The molecule has 3 heteroatoms. The van der Waals surface area contributed by atoms with Crippen molar-refractivity contribution in [1.29, 1.82) is 0 Å². The minimum absolute atomic E-state index is 0.359. The number of halogens is 1. The highest BCUT2D eigenvalue weighted by molar-refractivity contribution is 5.41. The summed E-state index contributed by atoms with van der Waals surface area (Å²) in [6.07, 6.45) is 2.76. The van der Waals surface area contributed by atoms with Crippen LogP contribution in [-0.4, -0.2) is 4.98 Å². The minimum Gasteiger partial charge on any atom is -0.320 e. The van der Waals surface area contributed by atoms with Crippen molar-refractivity contribution in [1.82, 2.24) is 4.98 Å². The van der Waals surface area contributed by atoms with Crippen LogP contribution in [0.15, 0.2) is 36.7 Å². The molecular formula is C14H15FN2. The third-order valence-corrected chi connectivity index (χ3v) is 2.99. The molecule has 0 spiro atoms. The van der Waals surface area contributed by atoms with Gasteiger partial charge < -0.3 is 5.73 Å². The molecule has 0 aliphatic carbocycles. The van der Waals surface area contributed by atoms with E-state index in [0.717, 1.165) is 16.7 Å². The van der Waals surface area contributed by atoms with Crippen LogP contribution in [0.3, 0.4) is 0 Å². The van der Waals surface area contributed by atoms with Crippen molar-refractivity contribution < 1.29 is 4.39 Å². The Hall–Kier alpha value is -1.74. The molecule has 1 heterocycles. The zero-order chi connectivity index (χ0) is 12.4. The van der Waals surface area contributed by atoms with Crippen molar-refractivity contribution >= 4 is 0 Å². The standard InChI is InChI=1S/C14H15FN2/c1-9-4-3-5-10(2)13(9)14(16)11-6-7-17-8-12(11)15/h3-8,14H,16H2,1-2H3. The summed E-state index contributed by atoms with van der Waals surface area (Å²) in [6.45, 7) is 3.97. The van der Waals surface area contributed by atoms with Crippen molar-refractivity contribution in [2.75, 3.05) is 0 Å². The second kappa shape index (κ2) is 4.63. The Bertz CT molecular complexity index is 517. The summed E-state index contributed by atoms with van der Waals surface area (Å²) in [6, 6.07) is 7.14. The Morgan fingerprint density at radius 1 is 1.18 bits per heavy atom. The lowest BCUT2D eigenvalue weighted by atomic mass is 9.92. The molecule has 0 aliphatic heterocycles. The van der Waals surface area contributed by atoms with Crippen LogP contribution in [-0.2, 0) is 0 Å². The highest BCUT2D eigenvalue weighted by Gasteiger charge is 2.16. The number of nitrogens with zero attached hydrogens (tertiary/aromatic N) is 1. The first-order valence-electron chi connectivity index (χ1n) is 5.52. The van der Waals surface area contributed by atoms with E-state index in [1.807, 2.05) is 32.0 Å². The number of aromatic nitrogens is 1. The van der Waals surface area contributed by atoms with Gasteiger partial charge in [-0.25, -0.2) is 4.39 Å².